The van der Waals surface area contributed by atoms with E-state index in [-0.39, 0.29) is 26.4 Å². The van der Waals surface area contributed by atoms with Crippen LogP contribution < -0.4 is 15.7 Å². The van der Waals surface area contributed by atoms with E-state index in [1.165, 1.54) is 0 Å². The fourth-order valence-corrected chi connectivity index (χ4v) is 2.44. The van der Waals surface area contributed by atoms with E-state index in [0.29, 0.717) is 18.0 Å². The third kappa shape index (κ3) is 3.89. The Balaban J connectivity index is 0.000000706. The number of aliphatic hydroxyl groups excluding tert-OH is 1. The minimum absolute atomic E-state index is 0. The van der Waals surface area contributed by atoms with Crippen molar-refractivity contribution in [1.29, 1.82) is 0 Å². The summed E-state index contributed by atoms with van der Waals surface area (Å²) in [5, 5.41) is 25.7. The molecule has 21 heavy (non-hydrogen) atoms. The van der Waals surface area contributed by atoms with E-state index in [9.17, 15) is 5.11 Å². The monoisotopic (exact) mass is 466 g/mol. The molecule has 0 saturated carbocycles. The van der Waals surface area contributed by atoms with Crippen LogP contribution >= 0.6 is 0 Å². The Morgan fingerprint density at radius 1 is 1.38 bits per heavy atom. The maximum Gasteiger partial charge on any atom is 0.139 e. The van der Waals surface area contributed by atoms with E-state index in [0.717, 1.165) is 31.9 Å². The van der Waals surface area contributed by atoms with Crippen LogP contribution in [0.3, 0.4) is 0 Å². The predicted octanol–water partition coefficient (Wildman–Crippen LogP) is -0.479. The number of nitrogens with zero attached hydrogens (tertiary/aromatic N) is 5. The minimum Gasteiger partial charge on any atom is -0.403 e. The standard InChI is InChI=1S/C11H15N6O.CH4O.Re/c1-11(18)3-2-4-17(6-11)9-7-5-13-16-8(7)14-10(12)15-9;1-2;/h5,18H,2-4,6H2,1H3,(H2-,12,13,14,15,16);2H,1H3;/q-1;;/t11-;;/m1../s1. The minimum atomic E-state index is -0.697. The first kappa shape index (κ1) is 17.8. The molecule has 1 radical (unpaired) electrons. The molecule has 3 heterocycles. The molecule has 0 bridgehead atoms. The fourth-order valence-electron chi connectivity index (χ4n) is 2.44. The Labute approximate surface area is 136 Å². The van der Waals surface area contributed by atoms with Gasteiger partial charge in [0.15, 0.2) is 0 Å². The molecular weight excluding hydrogens is 446 g/mol. The second-order valence-corrected chi connectivity index (χ2v) is 5.01. The van der Waals surface area contributed by atoms with Gasteiger partial charge in [-0.2, -0.15) is 0 Å². The summed E-state index contributed by atoms with van der Waals surface area (Å²) in [4.78, 5) is 10.3. The number of hydrogen-bond donors (Lipinski definition) is 3. The van der Waals surface area contributed by atoms with E-state index < -0.39 is 5.60 Å². The Morgan fingerprint density at radius 2 is 2.10 bits per heavy atom. The quantitative estimate of drug-likeness (QED) is 0.516. The number of anilines is 2. The van der Waals surface area contributed by atoms with Crippen molar-refractivity contribution in [2.75, 3.05) is 30.8 Å². The van der Waals surface area contributed by atoms with Crippen molar-refractivity contribution in [3.63, 3.8) is 0 Å². The van der Waals surface area contributed by atoms with Gasteiger partial charge in [-0.05, 0) is 25.4 Å². The summed E-state index contributed by atoms with van der Waals surface area (Å²) >= 11 is 0. The van der Waals surface area contributed by atoms with Crippen molar-refractivity contribution in [3.05, 3.63) is 6.20 Å². The average Bonchev–Trinajstić information content (AvgIpc) is 2.87. The van der Waals surface area contributed by atoms with E-state index in [2.05, 4.69) is 20.2 Å². The van der Waals surface area contributed by atoms with Crippen molar-refractivity contribution in [2.45, 2.75) is 25.4 Å². The zero-order valence-electron chi connectivity index (χ0n) is 12.0. The molecule has 0 aromatic carbocycles. The summed E-state index contributed by atoms with van der Waals surface area (Å²) < 4.78 is 0. The molecule has 1 aliphatic heterocycles. The molecule has 0 aliphatic carbocycles. The molecule has 1 atom stereocenters. The van der Waals surface area contributed by atoms with E-state index in [1.807, 2.05) is 11.8 Å². The largest absolute Gasteiger partial charge is 0.403 e. The normalized spacial score (nSPS) is 21.4. The van der Waals surface area contributed by atoms with Crippen molar-refractivity contribution in [1.82, 2.24) is 20.2 Å². The number of hydrogen-bond acceptors (Lipinski definition) is 7. The van der Waals surface area contributed by atoms with Gasteiger partial charge in [-0.25, -0.2) is 4.98 Å². The van der Waals surface area contributed by atoms with Gasteiger partial charge in [-0.3, -0.25) is 5.10 Å². The molecule has 1 fully saturated rings. The Kier molecular flexibility index (Phi) is 6.04. The number of aromatic nitrogens is 4. The van der Waals surface area contributed by atoms with Crippen molar-refractivity contribution in [3.8, 4) is 0 Å². The molecule has 117 valence electrons. The molecular formula is C12H19N6O2Re-. The summed E-state index contributed by atoms with van der Waals surface area (Å²) in [6.07, 6.45) is 3.35. The molecule has 2 aromatic heterocycles. The molecule has 0 unspecified atom stereocenters. The van der Waals surface area contributed by atoms with Crippen LogP contribution in [0, 0.1) is 0 Å². The molecule has 2 aromatic rings. The maximum absolute atomic E-state index is 10.2. The molecule has 9 heteroatoms. The second-order valence-electron chi connectivity index (χ2n) is 5.01. The van der Waals surface area contributed by atoms with Gasteiger partial charge in [0.05, 0.1) is 5.60 Å². The van der Waals surface area contributed by atoms with E-state index in [1.54, 1.807) is 6.20 Å². The number of fused-ring (bicyclic) bond motifs is 1. The molecule has 1 saturated heterocycles. The average molecular weight is 466 g/mol. The van der Waals surface area contributed by atoms with Crippen LogP contribution in [0.2, 0.25) is 0 Å². The van der Waals surface area contributed by atoms with Crippen LogP contribution in [0.25, 0.3) is 11.0 Å². The second kappa shape index (κ2) is 7.13. The van der Waals surface area contributed by atoms with Gasteiger partial charge < -0.3 is 30.9 Å². The molecule has 8 nitrogen and oxygen atoms in total. The van der Waals surface area contributed by atoms with Gasteiger partial charge in [0.2, 0.25) is 0 Å². The summed E-state index contributed by atoms with van der Waals surface area (Å²) in [5.74, 6) is 0.894. The van der Waals surface area contributed by atoms with Gasteiger partial charge in [-0.1, -0.05) is 0 Å². The number of aliphatic hydroxyl groups is 2. The first-order valence-corrected chi connectivity index (χ1v) is 6.39. The zero-order chi connectivity index (χ0) is 14.8. The zero-order valence-corrected chi connectivity index (χ0v) is 14.7. The topological polar surface area (TPSA) is 122 Å². The molecule has 3 rings (SSSR count). The number of nitrogen functional groups attached to an aromatic ring is 1. The van der Waals surface area contributed by atoms with Crippen LogP contribution in [-0.4, -0.2) is 51.1 Å². The third-order valence-electron chi connectivity index (χ3n) is 3.24. The van der Waals surface area contributed by atoms with Crippen molar-refractivity contribution < 1.29 is 30.6 Å². The van der Waals surface area contributed by atoms with Crippen LogP contribution in [0.5, 0.6) is 0 Å². The number of β-amino-alcohol motifs (C(OH)–C–C–N with tert-alkyl or cyclic N) is 1. The van der Waals surface area contributed by atoms with Crippen molar-refractivity contribution in [2.24, 2.45) is 0 Å². The van der Waals surface area contributed by atoms with Crippen LogP contribution in [0.15, 0.2) is 6.20 Å². The van der Waals surface area contributed by atoms with Crippen LogP contribution in [-0.2, 0) is 20.4 Å². The van der Waals surface area contributed by atoms with Gasteiger partial charge in [0.1, 0.15) is 11.8 Å². The summed E-state index contributed by atoms with van der Waals surface area (Å²) in [6, 6.07) is 0. The van der Waals surface area contributed by atoms with Gasteiger partial charge >= 0.3 is 0 Å². The predicted molar refractivity (Wildman–Crippen MR) is 75.3 cm³/mol. The number of nitrogens with two attached hydrogens (primary N) is 1. The summed E-state index contributed by atoms with van der Waals surface area (Å²) in [7, 11) is 1.00. The maximum atomic E-state index is 10.2. The summed E-state index contributed by atoms with van der Waals surface area (Å²) in [5.41, 5.74) is 5.48. The fraction of sp³-hybridized carbons (Fsp3) is 0.583. The Morgan fingerprint density at radius 3 is 2.76 bits per heavy atom. The third-order valence-corrected chi connectivity index (χ3v) is 3.24. The van der Waals surface area contributed by atoms with Crippen molar-refractivity contribution >= 4 is 22.8 Å². The number of rotatable bonds is 1. The molecule has 4 N–H and O–H groups in total. The Bertz CT molecular complexity index is 588. The van der Waals surface area contributed by atoms with E-state index >= 15 is 0 Å². The molecule has 0 spiro atoms. The SMILES string of the molecule is CO.C[C@@]1(O)CCCN(c2nc(N)nc3[n-]ncc23)C1.[Re]. The van der Waals surface area contributed by atoms with Crippen LogP contribution in [0.1, 0.15) is 19.8 Å². The van der Waals surface area contributed by atoms with Gasteiger partial charge in [-0.15, -0.1) is 0 Å². The van der Waals surface area contributed by atoms with E-state index in [4.69, 9.17) is 10.8 Å². The van der Waals surface area contributed by atoms with Gasteiger partial charge in [0, 0.05) is 52.2 Å². The number of piperidine rings is 1. The first-order chi connectivity index (χ1) is 9.55. The first-order valence-electron chi connectivity index (χ1n) is 6.39. The molecule has 1 aliphatic rings. The Hall–Kier alpha value is -1.27. The smallest absolute Gasteiger partial charge is 0.139 e. The van der Waals surface area contributed by atoms with Gasteiger partial charge in [0.25, 0.3) is 0 Å². The summed E-state index contributed by atoms with van der Waals surface area (Å²) in [6.45, 7) is 3.21. The van der Waals surface area contributed by atoms with Crippen LogP contribution in [0.4, 0.5) is 11.8 Å². The molecule has 0 amide bonds.